The Morgan fingerprint density at radius 3 is 2.63 bits per heavy atom. The average Bonchev–Trinajstić information content (AvgIpc) is 3.37. The molecule has 2 aromatic carbocycles. The lowest BCUT2D eigenvalue weighted by Gasteiger charge is -2.27. The molecule has 3 aromatic rings. The largest absolute Gasteiger partial charge is 0.507 e. The van der Waals surface area contributed by atoms with Crippen LogP contribution >= 0.6 is 0 Å². The van der Waals surface area contributed by atoms with Crippen LogP contribution in [0.25, 0.3) is 11.3 Å². The molecule has 0 spiro atoms. The number of aromatic amines is 1. The van der Waals surface area contributed by atoms with Crippen molar-refractivity contribution in [1.82, 2.24) is 15.1 Å². The number of aromatic hydroxyl groups is 1. The first kappa shape index (κ1) is 24.6. The van der Waals surface area contributed by atoms with Crippen molar-refractivity contribution in [2.24, 2.45) is 5.92 Å². The molecule has 186 valence electrons. The zero-order chi connectivity index (χ0) is 24.9. The van der Waals surface area contributed by atoms with Crippen molar-refractivity contribution in [3.63, 3.8) is 0 Å². The molecule has 7 nitrogen and oxygen atoms in total. The third-order valence-corrected chi connectivity index (χ3v) is 6.31. The molecule has 0 fully saturated rings. The topological polar surface area (TPSA) is 87.7 Å². The summed E-state index contributed by atoms with van der Waals surface area (Å²) in [5.74, 6) is 1.97. The molecule has 2 heterocycles. The van der Waals surface area contributed by atoms with E-state index in [2.05, 4.69) is 31.0 Å². The molecule has 4 rings (SSSR count). The van der Waals surface area contributed by atoms with E-state index in [-0.39, 0.29) is 17.7 Å². The number of aromatic nitrogens is 2. The number of carbonyl (C=O) groups excluding carboxylic acids is 1. The van der Waals surface area contributed by atoms with E-state index in [1.54, 1.807) is 12.1 Å². The first-order valence-corrected chi connectivity index (χ1v) is 12.5. The Hall–Kier alpha value is -3.48. The fraction of sp³-hybridized carbons (Fsp3) is 0.429. The summed E-state index contributed by atoms with van der Waals surface area (Å²) in [5, 5.41) is 17.9. The summed E-state index contributed by atoms with van der Waals surface area (Å²) >= 11 is 0. The van der Waals surface area contributed by atoms with Crippen molar-refractivity contribution in [2.75, 3.05) is 19.8 Å². The molecule has 7 heteroatoms. The van der Waals surface area contributed by atoms with E-state index in [1.165, 1.54) is 0 Å². The molecule has 2 N–H and O–H groups in total. The van der Waals surface area contributed by atoms with Crippen LogP contribution in [0.4, 0.5) is 0 Å². The minimum absolute atomic E-state index is 0.0807. The number of nitrogens with zero attached hydrogens (tertiary/aromatic N) is 2. The predicted octanol–water partition coefficient (Wildman–Crippen LogP) is 5.95. The first-order valence-electron chi connectivity index (χ1n) is 12.5. The molecule has 0 saturated heterocycles. The van der Waals surface area contributed by atoms with Gasteiger partial charge in [0.2, 0.25) is 0 Å². The van der Waals surface area contributed by atoms with Gasteiger partial charge in [-0.1, -0.05) is 45.4 Å². The molecule has 35 heavy (non-hydrogen) atoms. The van der Waals surface area contributed by atoms with Crippen LogP contribution in [0.1, 0.15) is 74.6 Å². The number of hydrogen-bond acceptors (Lipinski definition) is 5. The van der Waals surface area contributed by atoms with Crippen LogP contribution in [0.2, 0.25) is 0 Å². The molecule has 0 radical (unpaired) electrons. The van der Waals surface area contributed by atoms with E-state index in [0.29, 0.717) is 54.1 Å². The fourth-order valence-corrected chi connectivity index (χ4v) is 4.47. The molecular weight excluding hydrogens is 442 g/mol. The predicted molar refractivity (Wildman–Crippen MR) is 136 cm³/mol. The van der Waals surface area contributed by atoms with Gasteiger partial charge in [0.1, 0.15) is 17.1 Å². The van der Waals surface area contributed by atoms with Gasteiger partial charge >= 0.3 is 0 Å². The molecule has 1 atom stereocenters. The van der Waals surface area contributed by atoms with Crippen molar-refractivity contribution in [2.45, 2.75) is 53.0 Å². The number of carbonyl (C=O) groups is 1. The molecule has 1 unspecified atom stereocenters. The van der Waals surface area contributed by atoms with E-state index in [4.69, 9.17) is 9.47 Å². The highest BCUT2D eigenvalue weighted by Crippen LogP contribution is 2.46. The third-order valence-electron chi connectivity index (χ3n) is 6.31. The van der Waals surface area contributed by atoms with Crippen LogP contribution < -0.4 is 9.47 Å². The minimum Gasteiger partial charge on any atom is -0.507 e. The van der Waals surface area contributed by atoms with E-state index in [1.807, 2.05) is 42.2 Å². The number of benzene rings is 2. The highest BCUT2D eigenvalue weighted by Gasteiger charge is 2.42. The lowest BCUT2D eigenvalue weighted by molar-refractivity contribution is 0.0741. The van der Waals surface area contributed by atoms with Gasteiger partial charge in [0.15, 0.2) is 11.5 Å². The van der Waals surface area contributed by atoms with Gasteiger partial charge < -0.3 is 19.5 Å². The van der Waals surface area contributed by atoms with Crippen molar-refractivity contribution in [1.29, 1.82) is 0 Å². The van der Waals surface area contributed by atoms with Crippen molar-refractivity contribution < 1.29 is 19.4 Å². The normalized spacial score (nSPS) is 15.1. The Bertz CT molecular complexity index is 1170. The quantitative estimate of drug-likeness (QED) is 0.356. The summed E-state index contributed by atoms with van der Waals surface area (Å²) in [7, 11) is 0. The molecule has 1 aliphatic rings. The van der Waals surface area contributed by atoms with Crippen molar-refractivity contribution in [3.8, 4) is 28.5 Å². The number of nitrogens with one attached hydrogen (secondary N) is 1. The summed E-state index contributed by atoms with van der Waals surface area (Å²) in [6.45, 7) is 10.1. The van der Waals surface area contributed by atoms with Crippen molar-refractivity contribution >= 4 is 5.91 Å². The molecule has 0 saturated carbocycles. The number of phenolic OH excluding ortho intramolecular Hbond substituents is 1. The zero-order valence-corrected chi connectivity index (χ0v) is 21.0. The Morgan fingerprint density at radius 2 is 1.91 bits per heavy atom. The van der Waals surface area contributed by atoms with Gasteiger partial charge in [0.25, 0.3) is 5.91 Å². The second kappa shape index (κ2) is 10.8. The maximum atomic E-state index is 13.4. The maximum absolute atomic E-state index is 13.4. The molecule has 0 aliphatic carbocycles. The van der Waals surface area contributed by atoms with Gasteiger partial charge in [0.05, 0.1) is 19.3 Å². The van der Waals surface area contributed by atoms with Gasteiger partial charge in [-0.15, -0.1) is 0 Å². The second-order valence-electron chi connectivity index (χ2n) is 9.30. The van der Waals surface area contributed by atoms with Crippen LogP contribution in [-0.4, -0.2) is 45.9 Å². The van der Waals surface area contributed by atoms with Gasteiger partial charge in [0, 0.05) is 17.7 Å². The lowest BCUT2D eigenvalue weighted by Crippen LogP contribution is -2.30. The maximum Gasteiger partial charge on any atom is 0.273 e. The van der Waals surface area contributed by atoms with Crippen LogP contribution in [-0.2, 0) is 0 Å². The smallest absolute Gasteiger partial charge is 0.273 e. The standard InChI is InChI=1S/C28H35N3O4/c1-5-7-15-31-27(19-12-13-22(23(17-19)34-6-2)35-16-14-18(3)4)24-25(29-30-26(24)28(31)33)20-10-8-9-11-21(20)32/h8-13,17-18,27,32H,5-7,14-16H2,1-4H3,(H,29,30). The number of fused-ring (bicyclic) bond motifs is 1. The van der Waals surface area contributed by atoms with Gasteiger partial charge in [-0.2, -0.15) is 5.10 Å². The summed E-state index contributed by atoms with van der Waals surface area (Å²) in [6.07, 6.45) is 2.82. The van der Waals surface area contributed by atoms with Crippen molar-refractivity contribution in [3.05, 3.63) is 59.3 Å². The summed E-state index contributed by atoms with van der Waals surface area (Å²) < 4.78 is 12.0. The monoisotopic (exact) mass is 477 g/mol. The number of amides is 1. The number of ether oxygens (including phenoxy) is 2. The summed E-state index contributed by atoms with van der Waals surface area (Å²) in [4.78, 5) is 15.3. The lowest BCUT2D eigenvalue weighted by atomic mass is 9.95. The molecule has 1 aliphatic heterocycles. The van der Waals surface area contributed by atoms with Crippen LogP contribution in [0, 0.1) is 5.92 Å². The Balaban J connectivity index is 1.78. The number of para-hydroxylation sites is 1. The van der Waals surface area contributed by atoms with E-state index >= 15 is 0 Å². The first-order chi connectivity index (χ1) is 17.0. The molecular formula is C28H35N3O4. The fourth-order valence-electron chi connectivity index (χ4n) is 4.47. The highest BCUT2D eigenvalue weighted by molar-refractivity contribution is 6.00. The highest BCUT2D eigenvalue weighted by atomic mass is 16.5. The van der Waals surface area contributed by atoms with E-state index in [9.17, 15) is 9.90 Å². The van der Waals surface area contributed by atoms with Crippen LogP contribution in [0.15, 0.2) is 42.5 Å². The Kier molecular flexibility index (Phi) is 7.63. The number of hydrogen-bond donors (Lipinski definition) is 2. The van der Waals surface area contributed by atoms with Gasteiger partial charge in [-0.3, -0.25) is 9.89 Å². The molecule has 0 bridgehead atoms. The SMILES string of the molecule is CCCCN1C(=O)c2[nH]nc(-c3ccccc3O)c2C1c1ccc(OCCC(C)C)c(OCC)c1. The summed E-state index contributed by atoms with van der Waals surface area (Å²) in [5.41, 5.74) is 3.36. The van der Waals surface area contributed by atoms with Gasteiger partial charge in [-0.25, -0.2) is 0 Å². The second-order valence-corrected chi connectivity index (χ2v) is 9.30. The zero-order valence-electron chi connectivity index (χ0n) is 21.0. The Morgan fingerprint density at radius 1 is 1.11 bits per heavy atom. The number of H-pyrrole nitrogens is 1. The van der Waals surface area contributed by atoms with E-state index < -0.39 is 0 Å². The van der Waals surface area contributed by atoms with Gasteiger partial charge in [-0.05, 0) is 55.5 Å². The minimum atomic E-state index is -0.346. The Labute approximate surface area is 207 Å². The van der Waals surface area contributed by atoms with Crippen LogP contribution in [0.5, 0.6) is 17.2 Å². The number of unbranched alkanes of at least 4 members (excludes halogenated alkanes) is 1. The van der Waals surface area contributed by atoms with Crippen LogP contribution in [0.3, 0.4) is 0 Å². The van der Waals surface area contributed by atoms with E-state index in [0.717, 1.165) is 30.4 Å². The molecule has 1 amide bonds. The number of phenols is 1. The molecule has 1 aromatic heterocycles. The summed E-state index contributed by atoms with van der Waals surface area (Å²) in [6, 6.07) is 12.6. The number of rotatable bonds is 11. The third kappa shape index (κ3) is 4.99. The average molecular weight is 478 g/mol.